The molecule has 6 heteroatoms. The molecule has 0 aliphatic heterocycles. The van der Waals surface area contributed by atoms with Gasteiger partial charge >= 0.3 is 6.18 Å². The maximum atomic E-state index is 13.0. The molecule has 0 fully saturated rings. The molecule has 0 bridgehead atoms. The molecule has 1 unspecified atom stereocenters. The Morgan fingerprint density at radius 1 is 1.20 bits per heavy atom. The summed E-state index contributed by atoms with van der Waals surface area (Å²) in [6.07, 6.45) is 0.304. The number of hydrogen-bond donors (Lipinski definition) is 1. The van der Waals surface area contributed by atoms with Gasteiger partial charge in [-0.25, -0.2) is 0 Å². The summed E-state index contributed by atoms with van der Waals surface area (Å²) in [5.41, 5.74) is 2.16. The van der Waals surface area contributed by atoms with E-state index in [1.807, 2.05) is 6.20 Å². The first kappa shape index (κ1) is 18.0. The van der Waals surface area contributed by atoms with Crippen molar-refractivity contribution in [2.75, 3.05) is 13.1 Å². The van der Waals surface area contributed by atoms with E-state index >= 15 is 0 Å². The third-order valence-electron chi connectivity index (χ3n) is 4.97. The zero-order valence-corrected chi connectivity index (χ0v) is 14.5. The Labute approximate surface area is 145 Å². The molecule has 1 aliphatic carbocycles. The Kier molecular flexibility index (Phi) is 4.91. The normalized spacial score (nSPS) is 17.4. The number of rotatable bonds is 6. The number of benzene rings is 1. The minimum Gasteiger partial charge on any atom is -0.361 e. The van der Waals surface area contributed by atoms with Crippen LogP contribution in [0.15, 0.2) is 18.3 Å². The number of Topliss-reactive ketones (excluding diaryl/α,β-unsaturated/α-hetero) is 1. The van der Waals surface area contributed by atoms with E-state index in [1.54, 1.807) is 6.07 Å². The highest BCUT2D eigenvalue weighted by Crippen LogP contribution is 2.36. The van der Waals surface area contributed by atoms with Crippen molar-refractivity contribution in [3.05, 3.63) is 35.0 Å². The van der Waals surface area contributed by atoms with Gasteiger partial charge in [-0.1, -0.05) is 13.8 Å². The maximum Gasteiger partial charge on any atom is 0.454 e. The lowest BCUT2D eigenvalue weighted by Gasteiger charge is -2.34. The van der Waals surface area contributed by atoms with Crippen molar-refractivity contribution >= 4 is 16.7 Å². The molecule has 0 spiro atoms. The van der Waals surface area contributed by atoms with Crippen LogP contribution in [0.25, 0.3) is 10.9 Å². The van der Waals surface area contributed by atoms with Crippen LogP contribution >= 0.6 is 0 Å². The molecule has 1 aromatic heterocycles. The molecule has 1 N–H and O–H groups in total. The van der Waals surface area contributed by atoms with E-state index in [4.69, 9.17) is 0 Å². The third kappa shape index (κ3) is 3.32. The topological polar surface area (TPSA) is 36.1 Å². The average Bonchev–Trinajstić information content (AvgIpc) is 2.98. The van der Waals surface area contributed by atoms with Gasteiger partial charge in [0.05, 0.1) is 0 Å². The molecule has 0 radical (unpaired) electrons. The third-order valence-corrected chi connectivity index (χ3v) is 4.97. The number of nitrogens with zero attached hydrogens (tertiary/aromatic N) is 1. The van der Waals surface area contributed by atoms with Gasteiger partial charge in [-0.2, -0.15) is 13.2 Å². The van der Waals surface area contributed by atoms with Gasteiger partial charge in [0.2, 0.25) is 0 Å². The molecule has 0 saturated carbocycles. The highest BCUT2D eigenvalue weighted by Gasteiger charge is 2.41. The summed E-state index contributed by atoms with van der Waals surface area (Å²) < 4.78 is 39.1. The Balaban J connectivity index is 2.05. The van der Waals surface area contributed by atoms with E-state index in [0.717, 1.165) is 48.8 Å². The minimum atomic E-state index is -4.85. The van der Waals surface area contributed by atoms with E-state index in [2.05, 4.69) is 23.7 Å². The number of alkyl halides is 3. The summed E-state index contributed by atoms with van der Waals surface area (Å²) in [4.78, 5) is 17.4. The quantitative estimate of drug-likeness (QED) is 0.777. The number of halogens is 3. The fourth-order valence-electron chi connectivity index (χ4n) is 3.98. The van der Waals surface area contributed by atoms with E-state index in [-0.39, 0.29) is 11.6 Å². The number of carbonyl (C=O) groups is 1. The molecular weight excluding hydrogens is 329 g/mol. The van der Waals surface area contributed by atoms with Gasteiger partial charge in [0.15, 0.2) is 0 Å². The Bertz CT molecular complexity index is 773. The van der Waals surface area contributed by atoms with Crippen molar-refractivity contribution in [2.45, 2.75) is 51.7 Å². The van der Waals surface area contributed by atoms with E-state index in [1.165, 1.54) is 6.07 Å². The first-order chi connectivity index (χ1) is 11.9. The van der Waals surface area contributed by atoms with Crippen LogP contribution in [-0.4, -0.2) is 41.0 Å². The fraction of sp³-hybridized carbons (Fsp3) is 0.526. The molecule has 0 amide bonds. The van der Waals surface area contributed by atoms with E-state index in [9.17, 15) is 18.0 Å². The maximum absolute atomic E-state index is 13.0. The first-order valence-corrected chi connectivity index (χ1v) is 8.84. The summed E-state index contributed by atoms with van der Waals surface area (Å²) in [7, 11) is 0. The number of carbonyl (C=O) groups excluding carboxylic acids is 1. The second-order valence-corrected chi connectivity index (χ2v) is 6.75. The summed E-state index contributed by atoms with van der Waals surface area (Å²) in [5.74, 6) is -1.74. The number of nitrogens with one attached hydrogen (secondary N) is 1. The van der Waals surface area contributed by atoms with Crippen LogP contribution in [-0.2, 0) is 12.8 Å². The van der Waals surface area contributed by atoms with Gasteiger partial charge in [0.1, 0.15) is 0 Å². The highest BCUT2D eigenvalue weighted by atomic mass is 19.4. The smallest absolute Gasteiger partial charge is 0.361 e. The summed E-state index contributed by atoms with van der Waals surface area (Å²) >= 11 is 0. The molecule has 1 aromatic carbocycles. The monoisotopic (exact) mass is 352 g/mol. The van der Waals surface area contributed by atoms with E-state index < -0.39 is 12.0 Å². The van der Waals surface area contributed by atoms with Crippen LogP contribution in [0.3, 0.4) is 0 Å². The molecule has 136 valence electrons. The van der Waals surface area contributed by atoms with Crippen molar-refractivity contribution in [3.8, 4) is 0 Å². The standard InChI is InChI=1S/C19H23F3N2O/c1-3-7-24(8-4-2)13-9-12-11-23-16-6-5-14(15(10-13)17(12)16)18(25)19(20,21)22/h5-6,11,13,23H,3-4,7-10H2,1-2H3. The van der Waals surface area contributed by atoms with Gasteiger partial charge in [-0.05, 0) is 62.0 Å². The number of ketones is 1. The molecular formula is C19H23F3N2O. The van der Waals surface area contributed by atoms with Crippen molar-refractivity contribution in [3.63, 3.8) is 0 Å². The zero-order valence-electron chi connectivity index (χ0n) is 14.5. The molecule has 2 aromatic rings. The van der Waals surface area contributed by atoms with Crippen LogP contribution in [0.1, 0.15) is 48.2 Å². The summed E-state index contributed by atoms with van der Waals surface area (Å²) in [6.45, 7) is 6.03. The minimum absolute atomic E-state index is 0.133. The molecule has 1 heterocycles. The SMILES string of the molecule is CCCN(CCC)C1Cc2c[nH]c3ccc(C(=O)C(F)(F)F)c(c23)C1. The Hall–Kier alpha value is -1.82. The van der Waals surface area contributed by atoms with Crippen molar-refractivity contribution in [1.29, 1.82) is 0 Å². The summed E-state index contributed by atoms with van der Waals surface area (Å²) in [6, 6.07) is 3.03. The van der Waals surface area contributed by atoms with Crippen LogP contribution < -0.4 is 0 Å². The number of aromatic amines is 1. The molecule has 1 aliphatic rings. The molecule has 0 saturated heterocycles. The van der Waals surface area contributed by atoms with Crippen molar-refractivity contribution in [1.82, 2.24) is 9.88 Å². The van der Waals surface area contributed by atoms with Gasteiger partial charge < -0.3 is 4.98 Å². The second-order valence-electron chi connectivity index (χ2n) is 6.75. The zero-order chi connectivity index (χ0) is 18.2. The molecule has 1 atom stereocenters. The fourth-order valence-corrected chi connectivity index (χ4v) is 3.98. The predicted molar refractivity (Wildman–Crippen MR) is 92.0 cm³/mol. The van der Waals surface area contributed by atoms with Crippen LogP contribution in [0, 0.1) is 0 Å². The van der Waals surface area contributed by atoms with Crippen LogP contribution in [0.5, 0.6) is 0 Å². The molecule has 3 rings (SSSR count). The lowest BCUT2D eigenvalue weighted by Crippen LogP contribution is -2.41. The van der Waals surface area contributed by atoms with Crippen LogP contribution in [0.4, 0.5) is 13.2 Å². The summed E-state index contributed by atoms with van der Waals surface area (Å²) in [5, 5.41) is 0.805. The Morgan fingerprint density at radius 2 is 1.88 bits per heavy atom. The Morgan fingerprint density at radius 3 is 2.48 bits per heavy atom. The van der Waals surface area contributed by atoms with E-state index in [0.29, 0.717) is 12.0 Å². The van der Waals surface area contributed by atoms with Crippen molar-refractivity contribution in [2.24, 2.45) is 0 Å². The van der Waals surface area contributed by atoms with Gasteiger partial charge in [-0.15, -0.1) is 0 Å². The number of aromatic nitrogens is 1. The molecule has 25 heavy (non-hydrogen) atoms. The van der Waals surface area contributed by atoms with Gasteiger partial charge in [0, 0.05) is 28.7 Å². The van der Waals surface area contributed by atoms with Gasteiger partial charge in [0.25, 0.3) is 5.78 Å². The predicted octanol–water partition coefficient (Wildman–Crippen LogP) is 4.50. The number of H-pyrrole nitrogens is 1. The second kappa shape index (κ2) is 6.83. The van der Waals surface area contributed by atoms with Gasteiger partial charge in [-0.3, -0.25) is 9.69 Å². The lowest BCUT2D eigenvalue weighted by atomic mass is 9.84. The van der Waals surface area contributed by atoms with Crippen LogP contribution in [0.2, 0.25) is 0 Å². The first-order valence-electron chi connectivity index (χ1n) is 8.84. The number of hydrogen-bond acceptors (Lipinski definition) is 2. The highest BCUT2D eigenvalue weighted by molar-refractivity contribution is 6.06. The molecule has 3 nitrogen and oxygen atoms in total. The average molecular weight is 352 g/mol. The lowest BCUT2D eigenvalue weighted by molar-refractivity contribution is -0.0885. The largest absolute Gasteiger partial charge is 0.454 e. The van der Waals surface area contributed by atoms with Crippen molar-refractivity contribution < 1.29 is 18.0 Å².